The van der Waals surface area contributed by atoms with Gasteiger partial charge in [0.05, 0.1) is 19.8 Å². The summed E-state index contributed by atoms with van der Waals surface area (Å²) in [6.45, 7) is 0.553. The van der Waals surface area contributed by atoms with E-state index >= 15 is 0 Å². The minimum absolute atomic E-state index is 0.0309. The van der Waals surface area contributed by atoms with Gasteiger partial charge in [0, 0.05) is 11.4 Å². The van der Waals surface area contributed by atoms with Crippen molar-refractivity contribution in [3.8, 4) is 5.75 Å². The van der Waals surface area contributed by atoms with E-state index in [0.29, 0.717) is 35.8 Å². The topological polar surface area (TPSA) is 205 Å². The average Bonchev–Trinajstić information content (AvgIpc) is 3.51. The maximum atomic E-state index is 11.4. The zero-order chi connectivity index (χ0) is 30.8. The molecular weight excluding hydrogens is 592 g/mol. The van der Waals surface area contributed by atoms with Crippen LogP contribution in [0.25, 0.3) is 0 Å². The molecule has 3 fully saturated rings. The molecule has 0 amide bonds. The molecule has 3 aliphatic rings. The first-order valence-corrected chi connectivity index (χ1v) is 14.3. The normalized spacial score (nSPS) is 36.4. The number of carbonyl (C=O) groups is 1. The fourth-order valence-electron chi connectivity index (χ4n) is 5.46. The number of aliphatic carboxylic acids is 1. The second kappa shape index (κ2) is 13.7. The van der Waals surface area contributed by atoms with E-state index in [0.717, 1.165) is 17.7 Å². The molecule has 7 N–H and O–H groups in total. The first kappa shape index (κ1) is 32.0. The number of rotatable bonds is 9. The van der Waals surface area contributed by atoms with Crippen LogP contribution in [0.4, 0.5) is 0 Å². The van der Waals surface area contributed by atoms with Crippen LogP contribution in [0.5, 0.6) is 5.75 Å². The summed E-state index contributed by atoms with van der Waals surface area (Å²) < 4.78 is 27.8. The van der Waals surface area contributed by atoms with Crippen molar-refractivity contribution in [1.29, 1.82) is 0 Å². The predicted molar refractivity (Wildman–Crippen MR) is 146 cm³/mol. The van der Waals surface area contributed by atoms with Crippen molar-refractivity contribution >= 4 is 17.6 Å². The maximum Gasteiger partial charge on any atom is 0.335 e. The van der Waals surface area contributed by atoms with Crippen LogP contribution in [0, 0.1) is 0 Å². The highest BCUT2D eigenvalue weighted by atomic mass is 35.5. The fourth-order valence-corrected chi connectivity index (χ4v) is 5.65. The monoisotopic (exact) mass is 626 g/mol. The lowest BCUT2D eigenvalue weighted by molar-refractivity contribution is -0.337. The van der Waals surface area contributed by atoms with Gasteiger partial charge in [0.2, 0.25) is 0 Å². The van der Waals surface area contributed by atoms with Crippen LogP contribution < -0.4 is 4.74 Å². The Morgan fingerprint density at radius 3 is 2.33 bits per heavy atom. The van der Waals surface area contributed by atoms with Crippen molar-refractivity contribution in [2.24, 2.45) is 0 Å². The Labute approximate surface area is 251 Å². The molecule has 11 atom stereocenters. The Morgan fingerprint density at radius 1 is 0.930 bits per heavy atom. The summed E-state index contributed by atoms with van der Waals surface area (Å²) in [5, 5.41) is 72.1. The van der Waals surface area contributed by atoms with Crippen molar-refractivity contribution in [1.82, 2.24) is 0 Å². The van der Waals surface area contributed by atoms with E-state index in [4.69, 9.17) is 35.3 Å². The third-order valence-electron chi connectivity index (χ3n) is 7.88. The minimum Gasteiger partial charge on any atom is -0.488 e. The van der Waals surface area contributed by atoms with Gasteiger partial charge in [-0.3, -0.25) is 0 Å². The summed E-state index contributed by atoms with van der Waals surface area (Å²) in [6, 6.07) is 12.5. The molecule has 0 unspecified atom stereocenters. The molecule has 0 aliphatic carbocycles. The van der Waals surface area contributed by atoms with Gasteiger partial charge in [0.1, 0.15) is 60.7 Å². The van der Waals surface area contributed by atoms with Crippen LogP contribution in [-0.2, 0) is 30.2 Å². The van der Waals surface area contributed by atoms with Crippen LogP contribution in [0.15, 0.2) is 42.5 Å². The van der Waals surface area contributed by atoms with E-state index in [1.807, 2.05) is 24.3 Å². The molecule has 5 rings (SSSR count). The lowest BCUT2D eigenvalue weighted by Gasteiger charge is -2.46. The van der Waals surface area contributed by atoms with E-state index in [1.165, 1.54) is 0 Å². The minimum atomic E-state index is -1.94. The molecular formula is C29H35ClO13. The molecule has 43 heavy (non-hydrogen) atoms. The van der Waals surface area contributed by atoms with Gasteiger partial charge in [0.25, 0.3) is 0 Å². The molecule has 236 valence electrons. The molecule has 2 aromatic rings. The van der Waals surface area contributed by atoms with Crippen molar-refractivity contribution in [2.45, 2.75) is 80.2 Å². The van der Waals surface area contributed by atoms with E-state index in [1.54, 1.807) is 18.2 Å². The van der Waals surface area contributed by atoms with E-state index in [9.17, 15) is 40.5 Å². The predicted octanol–water partition coefficient (Wildman–Crippen LogP) is -0.470. The van der Waals surface area contributed by atoms with Crippen LogP contribution in [0.3, 0.4) is 0 Å². The Kier molecular flexibility index (Phi) is 10.2. The van der Waals surface area contributed by atoms with E-state index in [-0.39, 0.29) is 6.10 Å². The van der Waals surface area contributed by atoms with Gasteiger partial charge in [-0.05, 0) is 41.3 Å². The molecule has 13 nitrogen and oxygen atoms in total. The lowest BCUT2D eigenvalue weighted by atomic mass is 9.89. The molecule has 2 aromatic carbocycles. The number of benzene rings is 2. The second-order valence-electron chi connectivity index (χ2n) is 10.9. The zero-order valence-corrected chi connectivity index (χ0v) is 23.6. The summed E-state index contributed by atoms with van der Waals surface area (Å²) in [7, 11) is 0. The van der Waals surface area contributed by atoms with Crippen LogP contribution >= 0.6 is 11.6 Å². The SMILES string of the molecule is O=C(O)[C@H]1O[C@@H](O[C@H]2[C@H](O)[C@@H](O)[C@H](c3ccc(Cl)c(Cc4ccc(O[C@H]5CCOC5)cc4)c3)O[C@@H]2CO)[C@H](O)[C@@H](O)[C@@H]1O. The fraction of sp³-hybridized carbons (Fsp3) is 0.552. The Hall–Kier alpha value is -2.40. The third kappa shape index (κ3) is 6.97. The number of halogens is 1. The van der Waals surface area contributed by atoms with Gasteiger partial charge in [-0.25, -0.2) is 4.79 Å². The average molecular weight is 627 g/mol. The third-order valence-corrected chi connectivity index (χ3v) is 8.24. The van der Waals surface area contributed by atoms with E-state index < -0.39 is 73.8 Å². The number of aliphatic hydroxyl groups is 6. The molecule has 0 radical (unpaired) electrons. The first-order chi connectivity index (χ1) is 20.6. The van der Waals surface area contributed by atoms with Crippen LogP contribution in [-0.4, -0.2) is 123 Å². The van der Waals surface area contributed by atoms with Crippen molar-refractivity contribution < 1.29 is 64.2 Å². The maximum absolute atomic E-state index is 11.4. The summed E-state index contributed by atoms with van der Waals surface area (Å²) >= 11 is 6.48. The van der Waals surface area contributed by atoms with E-state index in [2.05, 4.69) is 0 Å². The van der Waals surface area contributed by atoms with Crippen LogP contribution in [0.2, 0.25) is 5.02 Å². The number of aliphatic hydroxyl groups excluding tert-OH is 6. The number of hydrogen-bond donors (Lipinski definition) is 7. The standard InChI is InChI=1S/C29H35ClO13/c30-18-6-3-14(10-15(18)9-13-1-4-16(5-2-13)40-17-7-8-39-12-17)25-22(34)23(35)26(19(11-31)41-25)42-29-24(36)20(32)21(33)27(43-29)28(37)38/h1-6,10,17,19-27,29,31-36H,7-9,11-12H2,(H,37,38)/t17-,19+,20-,21-,22+,23+,24+,25-,26+,27-,29+/m0/s1. The van der Waals surface area contributed by atoms with Gasteiger partial charge in [-0.1, -0.05) is 35.9 Å². The summed E-state index contributed by atoms with van der Waals surface area (Å²) in [5.41, 5.74) is 2.12. The Balaban J connectivity index is 1.28. The lowest BCUT2D eigenvalue weighted by Crippen LogP contribution is -2.64. The van der Waals surface area contributed by atoms with Gasteiger partial charge in [-0.15, -0.1) is 0 Å². The van der Waals surface area contributed by atoms with Crippen molar-refractivity contribution in [3.05, 3.63) is 64.2 Å². The number of carboxylic acids is 1. The Morgan fingerprint density at radius 2 is 1.67 bits per heavy atom. The summed E-state index contributed by atoms with van der Waals surface area (Å²) in [6.07, 6.45) is -15.4. The molecule has 3 aliphatic heterocycles. The molecule has 3 heterocycles. The van der Waals surface area contributed by atoms with Gasteiger partial charge in [-0.2, -0.15) is 0 Å². The van der Waals surface area contributed by atoms with Crippen LogP contribution in [0.1, 0.15) is 29.2 Å². The highest BCUT2D eigenvalue weighted by molar-refractivity contribution is 6.31. The zero-order valence-electron chi connectivity index (χ0n) is 22.9. The largest absolute Gasteiger partial charge is 0.488 e. The van der Waals surface area contributed by atoms with Gasteiger partial charge >= 0.3 is 5.97 Å². The number of carboxylic acid groups (broad SMARTS) is 1. The highest BCUT2D eigenvalue weighted by Crippen LogP contribution is 2.37. The second-order valence-corrected chi connectivity index (χ2v) is 11.3. The molecule has 0 bridgehead atoms. The highest BCUT2D eigenvalue weighted by Gasteiger charge is 2.52. The summed E-state index contributed by atoms with van der Waals surface area (Å²) in [5.74, 6) is -0.887. The smallest absolute Gasteiger partial charge is 0.335 e. The Bertz CT molecular complexity index is 1240. The van der Waals surface area contributed by atoms with Gasteiger partial charge in [0.15, 0.2) is 12.4 Å². The summed E-state index contributed by atoms with van der Waals surface area (Å²) in [4.78, 5) is 11.4. The molecule has 0 aromatic heterocycles. The quantitative estimate of drug-likeness (QED) is 0.188. The first-order valence-electron chi connectivity index (χ1n) is 13.9. The number of hydrogen-bond acceptors (Lipinski definition) is 12. The molecule has 0 saturated carbocycles. The molecule has 3 saturated heterocycles. The van der Waals surface area contributed by atoms with Crippen molar-refractivity contribution in [2.75, 3.05) is 19.8 Å². The van der Waals surface area contributed by atoms with Crippen molar-refractivity contribution in [3.63, 3.8) is 0 Å². The number of ether oxygens (including phenoxy) is 5. The molecule has 0 spiro atoms. The van der Waals surface area contributed by atoms with Gasteiger partial charge < -0.3 is 59.4 Å². The molecule has 14 heteroatoms.